The molecule has 15 heavy (non-hydrogen) atoms. The van der Waals surface area contributed by atoms with Crippen LogP contribution in [0.5, 0.6) is 0 Å². The summed E-state index contributed by atoms with van der Waals surface area (Å²) in [5.74, 6) is -0.665. The van der Waals surface area contributed by atoms with Gasteiger partial charge in [0, 0.05) is 10.5 Å². The summed E-state index contributed by atoms with van der Waals surface area (Å²) in [5.41, 5.74) is -0.270. The lowest BCUT2D eigenvalue weighted by atomic mass is 10.2. The van der Waals surface area contributed by atoms with Crippen molar-refractivity contribution in [3.63, 3.8) is 0 Å². The maximum absolute atomic E-state index is 11.2. The number of rotatable bonds is 2. The number of nitro benzene ring substituents is 1. The molecule has 0 N–H and O–H groups in total. The fourth-order valence-electron chi connectivity index (χ4n) is 0.944. The minimum Gasteiger partial charge on any atom is -0.465 e. The monoisotopic (exact) mass is 293 g/mol. The zero-order valence-corrected chi connectivity index (χ0v) is 9.83. The van der Waals surface area contributed by atoms with E-state index < -0.39 is 10.9 Å². The van der Waals surface area contributed by atoms with E-state index in [9.17, 15) is 14.9 Å². The Labute approximate surface area is 98.3 Å². The molecule has 0 bridgehead atoms. The van der Waals surface area contributed by atoms with Crippen molar-refractivity contribution in [2.45, 2.75) is 0 Å². The smallest absolute Gasteiger partial charge is 0.339 e. The third-order valence-corrected chi connectivity index (χ3v) is 2.60. The maximum atomic E-state index is 11.2. The molecule has 0 unspecified atom stereocenters. The largest absolute Gasteiger partial charge is 0.465 e. The van der Waals surface area contributed by atoms with E-state index in [0.29, 0.717) is 4.47 Å². The van der Waals surface area contributed by atoms with Crippen molar-refractivity contribution >= 4 is 39.2 Å². The summed E-state index contributed by atoms with van der Waals surface area (Å²) in [6, 6.07) is 2.35. The van der Waals surface area contributed by atoms with Gasteiger partial charge in [-0.1, -0.05) is 11.6 Å². The number of carbonyl (C=O) groups excluding carboxylic acids is 1. The van der Waals surface area contributed by atoms with Gasteiger partial charge >= 0.3 is 5.97 Å². The molecule has 1 aromatic carbocycles. The number of halogens is 2. The van der Waals surface area contributed by atoms with Crippen LogP contribution in [0.25, 0.3) is 0 Å². The van der Waals surface area contributed by atoms with Crippen molar-refractivity contribution in [3.8, 4) is 0 Å². The van der Waals surface area contributed by atoms with E-state index in [4.69, 9.17) is 11.6 Å². The van der Waals surface area contributed by atoms with E-state index >= 15 is 0 Å². The molecule has 7 heteroatoms. The number of nitrogens with zero attached hydrogens (tertiary/aromatic N) is 1. The highest BCUT2D eigenvalue weighted by atomic mass is 79.9. The predicted octanol–water partition coefficient (Wildman–Crippen LogP) is 2.80. The molecule has 0 heterocycles. The van der Waals surface area contributed by atoms with E-state index in [1.807, 2.05) is 0 Å². The van der Waals surface area contributed by atoms with Crippen LogP contribution in [-0.2, 0) is 4.74 Å². The van der Waals surface area contributed by atoms with Gasteiger partial charge in [0.05, 0.1) is 17.6 Å². The second-order valence-electron chi connectivity index (χ2n) is 2.53. The number of carbonyl (C=O) groups is 1. The Bertz CT molecular complexity index is 435. The van der Waals surface area contributed by atoms with Crippen LogP contribution in [0.4, 0.5) is 5.69 Å². The second-order valence-corrected chi connectivity index (χ2v) is 3.79. The average molecular weight is 294 g/mol. The minimum atomic E-state index is -0.665. The molecule has 80 valence electrons. The van der Waals surface area contributed by atoms with E-state index in [0.717, 1.165) is 6.07 Å². The Morgan fingerprint density at radius 3 is 2.67 bits per heavy atom. The molecule has 0 aliphatic rings. The lowest BCUT2D eigenvalue weighted by molar-refractivity contribution is -0.384. The van der Waals surface area contributed by atoms with Crippen molar-refractivity contribution in [2.24, 2.45) is 0 Å². The van der Waals surface area contributed by atoms with E-state index in [1.165, 1.54) is 13.2 Å². The van der Waals surface area contributed by atoms with Crippen molar-refractivity contribution in [1.82, 2.24) is 0 Å². The molecule has 0 saturated heterocycles. The summed E-state index contributed by atoms with van der Waals surface area (Å²) in [6.45, 7) is 0. The summed E-state index contributed by atoms with van der Waals surface area (Å²) in [7, 11) is 1.19. The second kappa shape index (κ2) is 4.59. The Kier molecular flexibility index (Phi) is 3.65. The van der Waals surface area contributed by atoms with Crippen LogP contribution in [-0.4, -0.2) is 18.0 Å². The third-order valence-electron chi connectivity index (χ3n) is 1.64. The molecule has 0 saturated carbocycles. The Morgan fingerprint density at radius 1 is 1.60 bits per heavy atom. The predicted molar refractivity (Wildman–Crippen MR) is 57.1 cm³/mol. The van der Waals surface area contributed by atoms with Crippen LogP contribution < -0.4 is 0 Å². The zero-order valence-electron chi connectivity index (χ0n) is 7.49. The summed E-state index contributed by atoms with van der Waals surface area (Å²) in [6.07, 6.45) is 0. The molecular formula is C8H5BrClNO4. The lowest BCUT2D eigenvalue weighted by Gasteiger charge is -2.03. The summed E-state index contributed by atoms with van der Waals surface area (Å²) < 4.78 is 4.81. The fraction of sp³-hybridized carbons (Fsp3) is 0.125. The minimum absolute atomic E-state index is 0.0421. The lowest BCUT2D eigenvalue weighted by Crippen LogP contribution is -2.03. The molecule has 0 fully saturated rings. The van der Waals surface area contributed by atoms with E-state index in [1.54, 1.807) is 0 Å². The van der Waals surface area contributed by atoms with Gasteiger partial charge < -0.3 is 4.74 Å². The van der Waals surface area contributed by atoms with Crippen molar-refractivity contribution in [1.29, 1.82) is 0 Å². The van der Waals surface area contributed by atoms with Crippen molar-refractivity contribution in [2.75, 3.05) is 7.11 Å². The molecule has 0 amide bonds. The van der Waals surface area contributed by atoms with Crippen LogP contribution in [0, 0.1) is 10.1 Å². The SMILES string of the molecule is COC(=O)c1cc([N+](=O)[O-])c(Cl)cc1Br. The van der Waals surface area contributed by atoms with Crippen LogP contribution >= 0.6 is 27.5 Å². The van der Waals surface area contributed by atoms with Gasteiger partial charge in [0.15, 0.2) is 0 Å². The fourth-order valence-corrected chi connectivity index (χ4v) is 1.81. The Balaban J connectivity index is 3.36. The first-order valence-electron chi connectivity index (χ1n) is 3.69. The highest BCUT2D eigenvalue weighted by molar-refractivity contribution is 9.10. The number of benzene rings is 1. The first-order chi connectivity index (χ1) is 6.97. The summed E-state index contributed by atoms with van der Waals surface area (Å²) in [4.78, 5) is 21.1. The molecular weight excluding hydrogens is 289 g/mol. The van der Waals surface area contributed by atoms with Crippen LogP contribution in [0.15, 0.2) is 16.6 Å². The Hall–Kier alpha value is -1.14. The van der Waals surface area contributed by atoms with Crippen LogP contribution in [0.3, 0.4) is 0 Å². The van der Waals surface area contributed by atoms with Gasteiger partial charge in [0.25, 0.3) is 5.69 Å². The molecule has 0 aliphatic heterocycles. The number of nitro groups is 1. The highest BCUT2D eigenvalue weighted by Crippen LogP contribution is 2.31. The molecule has 0 aromatic heterocycles. The highest BCUT2D eigenvalue weighted by Gasteiger charge is 2.20. The van der Waals surface area contributed by atoms with E-state index in [-0.39, 0.29) is 16.3 Å². The standard InChI is InChI=1S/C8H5BrClNO4/c1-15-8(12)4-2-7(11(13)14)6(10)3-5(4)9/h2-3H,1H3. The maximum Gasteiger partial charge on any atom is 0.339 e. The molecule has 1 rings (SSSR count). The molecule has 0 aliphatic carbocycles. The molecule has 0 radical (unpaired) electrons. The Morgan fingerprint density at radius 2 is 2.20 bits per heavy atom. The van der Waals surface area contributed by atoms with Gasteiger partial charge in [-0.3, -0.25) is 10.1 Å². The summed E-state index contributed by atoms with van der Waals surface area (Å²) in [5, 5.41) is 10.5. The van der Waals surface area contributed by atoms with E-state index in [2.05, 4.69) is 20.7 Å². The first kappa shape index (κ1) is 11.9. The number of hydrogen-bond acceptors (Lipinski definition) is 4. The van der Waals surface area contributed by atoms with Gasteiger partial charge in [-0.2, -0.15) is 0 Å². The van der Waals surface area contributed by atoms with Crippen molar-refractivity contribution in [3.05, 3.63) is 37.3 Å². The number of esters is 1. The van der Waals surface area contributed by atoms with Crippen LogP contribution in [0.1, 0.15) is 10.4 Å². The van der Waals surface area contributed by atoms with Gasteiger partial charge in [-0.05, 0) is 22.0 Å². The summed E-state index contributed by atoms with van der Waals surface area (Å²) >= 11 is 8.68. The van der Waals surface area contributed by atoms with Gasteiger partial charge in [-0.15, -0.1) is 0 Å². The molecule has 5 nitrogen and oxygen atoms in total. The molecule has 0 spiro atoms. The quantitative estimate of drug-likeness (QED) is 0.478. The number of methoxy groups -OCH3 is 1. The topological polar surface area (TPSA) is 69.4 Å². The first-order valence-corrected chi connectivity index (χ1v) is 4.86. The molecule has 1 aromatic rings. The number of hydrogen-bond donors (Lipinski definition) is 0. The normalized spacial score (nSPS) is 9.80. The van der Waals surface area contributed by atoms with Gasteiger partial charge in [0.2, 0.25) is 0 Å². The van der Waals surface area contributed by atoms with Gasteiger partial charge in [-0.25, -0.2) is 4.79 Å². The van der Waals surface area contributed by atoms with Crippen LogP contribution in [0.2, 0.25) is 5.02 Å². The number of ether oxygens (including phenoxy) is 1. The average Bonchev–Trinajstić information content (AvgIpc) is 2.16. The third kappa shape index (κ3) is 2.45. The van der Waals surface area contributed by atoms with Crippen molar-refractivity contribution < 1.29 is 14.5 Å². The molecule has 0 atom stereocenters. The zero-order chi connectivity index (χ0) is 11.6. The van der Waals surface area contributed by atoms with Gasteiger partial charge in [0.1, 0.15) is 5.02 Å².